The molecule has 0 saturated carbocycles. The fourth-order valence-corrected chi connectivity index (χ4v) is 1.17. The third kappa shape index (κ3) is 3.16. The Kier molecular flexibility index (Phi) is 3.33. The monoisotopic (exact) mass is 177 g/mol. The van der Waals surface area contributed by atoms with E-state index < -0.39 is 0 Å². The maximum absolute atomic E-state index is 12.5. The van der Waals surface area contributed by atoms with Gasteiger partial charge in [0.05, 0.1) is 0 Å². The van der Waals surface area contributed by atoms with Crippen LogP contribution in [0.2, 0.25) is 0 Å². The molecule has 0 fully saturated rings. The Hall–Kier alpha value is -1.49. The molecular formula is C11H12FN. The molecule has 0 bridgehead atoms. The largest absolute Gasteiger partial charge is 0.343 e. The maximum atomic E-state index is 12.5. The fraction of sp³-hybridized carbons (Fsp3) is 0.273. The quantitative estimate of drug-likeness (QED) is 0.549. The third-order valence-corrected chi connectivity index (χ3v) is 1.78. The summed E-state index contributed by atoms with van der Waals surface area (Å²) in [6.45, 7) is 1.99. The van der Waals surface area contributed by atoms with Crippen molar-refractivity contribution in [1.82, 2.24) is 5.32 Å². The second-order valence-electron chi connectivity index (χ2n) is 3.02. The minimum Gasteiger partial charge on any atom is -0.343 e. The van der Waals surface area contributed by atoms with Gasteiger partial charge in [-0.15, -0.1) is 0 Å². The van der Waals surface area contributed by atoms with Crippen LogP contribution >= 0.6 is 0 Å². The van der Waals surface area contributed by atoms with Crippen LogP contribution in [0.25, 0.3) is 0 Å². The van der Waals surface area contributed by atoms with Gasteiger partial charge in [-0.1, -0.05) is 18.6 Å². The van der Waals surface area contributed by atoms with Crippen LogP contribution in [-0.4, -0.2) is 6.04 Å². The summed E-state index contributed by atoms with van der Waals surface area (Å²) in [6.07, 6.45) is 5.90. The van der Waals surface area contributed by atoms with E-state index in [9.17, 15) is 4.39 Å². The lowest BCUT2D eigenvalue weighted by molar-refractivity contribution is 0.622. The van der Waals surface area contributed by atoms with Crippen molar-refractivity contribution in [2.45, 2.75) is 19.4 Å². The van der Waals surface area contributed by atoms with Crippen molar-refractivity contribution < 1.29 is 4.39 Å². The summed E-state index contributed by atoms with van der Waals surface area (Å²) in [5, 5.41) is 2.84. The molecule has 1 aromatic rings. The summed E-state index contributed by atoms with van der Waals surface area (Å²) in [5.41, 5.74) is 1.08. The number of rotatable bonds is 3. The van der Waals surface area contributed by atoms with Gasteiger partial charge in [-0.25, -0.2) is 4.39 Å². The molecule has 0 unspecified atom stereocenters. The van der Waals surface area contributed by atoms with Gasteiger partial charge in [0, 0.05) is 12.1 Å². The highest BCUT2D eigenvalue weighted by Crippen LogP contribution is 2.05. The molecule has 0 aliphatic carbocycles. The minimum atomic E-state index is -0.207. The van der Waals surface area contributed by atoms with Gasteiger partial charge in [0.2, 0.25) is 0 Å². The molecule has 0 radical (unpaired) electrons. The highest BCUT2D eigenvalue weighted by molar-refractivity contribution is 5.17. The molecule has 1 N–H and O–H groups in total. The average molecular weight is 177 g/mol. The highest BCUT2D eigenvalue weighted by atomic mass is 19.1. The van der Waals surface area contributed by atoms with Gasteiger partial charge in [0.25, 0.3) is 0 Å². The van der Waals surface area contributed by atoms with Crippen LogP contribution in [0.1, 0.15) is 12.5 Å². The number of hydrogen-bond donors (Lipinski definition) is 1. The van der Waals surface area contributed by atoms with Gasteiger partial charge in [-0.05, 0) is 31.0 Å². The molecule has 1 rings (SSSR count). The first-order chi connectivity index (χ1) is 6.22. The maximum Gasteiger partial charge on any atom is 0.123 e. The van der Waals surface area contributed by atoms with Gasteiger partial charge in [-0.3, -0.25) is 0 Å². The molecule has 1 aromatic carbocycles. The Labute approximate surface area is 78.0 Å². The normalized spacial score (nSPS) is 11.8. The molecule has 1 atom stereocenters. The van der Waals surface area contributed by atoms with Crippen LogP contribution in [0.15, 0.2) is 24.3 Å². The first kappa shape index (κ1) is 9.60. The van der Waals surface area contributed by atoms with Gasteiger partial charge in [-0.2, -0.15) is 0 Å². The molecular weight excluding hydrogens is 165 g/mol. The zero-order valence-corrected chi connectivity index (χ0v) is 7.55. The molecule has 0 aliphatic heterocycles. The average Bonchev–Trinajstić information content (AvgIpc) is 2.09. The topological polar surface area (TPSA) is 12.0 Å². The number of benzene rings is 1. The molecule has 1 nitrogen and oxygen atoms in total. The molecule has 0 amide bonds. The van der Waals surface area contributed by atoms with E-state index >= 15 is 0 Å². The van der Waals surface area contributed by atoms with Gasteiger partial charge in [0.1, 0.15) is 5.82 Å². The minimum absolute atomic E-state index is 0.207. The Balaban J connectivity index is 2.55. The van der Waals surface area contributed by atoms with Crippen molar-refractivity contribution in [2.75, 3.05) is 0 Å². The van der Waals surface area contributed by atoms with Crippen LogP contribution in [0.3, 0.4) is 0 Å². The van der Waals surface area contributed by atoms with Crippen LogP contribution in [0.5, 0.6) is 0 Å². The third-order valence-electron chi connectivity index (χ3n) is 1.78. The summed E-state index contributed by atoms with van der Waals surface area (Å²) in [4.78, 5) is 0. The molecule has 13 heavy (non-hydrogen) atoms. The van der Waals surface area contributed by atoms with E-state index in [0.29, 0.717) is 0 Å². The molecule has 68 valence electrons. The summed E-state index contributed by atoms with van der Waals surface area (Å²) in [5.74, 6) is -0.207. The summed E-state index contributed by atoms with van der Waals surface area (Å²) >= 11 is 0. The van der Waals surface area contributed by atoms with Crippen molar-refractivity contribution in [3.8, 4) is 12.5 Å². The van der Waals surface area contributed by atoms with E-state index in [1.54, 1.807) is 12.1 Å². The lowest BCUT2D eigenvalue weighted by Gasteiger charge is -2.09. The van der Waals surface area contributed by atoms with Crippen molar-refractivity contribution in [3.63, 3.8) is 0 Å². The summed E-state index contributed by atoms with van der Waals surface area (Å²) in [6, 6.07) is 9.04. The summed E-state index contributed by atoms with van der Waals surface area (Å²) < 4.78 is 12.5. The van der Waals surface area contributed by atoms with Gasteiger partial charge >= 0.3 is 0 Å². The predicted octanol–water partition coefficient (Wildman–Crippen LogP) is 1.94. The smallest absolute Gasteiger partial charge is 0.123 e. The summed E-state index contributed by atoms with van der Waals surface area (Å²) in [7, 11) is 0. The highest BCUT2D eigenvalue weighted by Gasteiger charge is 2.00. The lowest BCUT2D eigenvalue weighted by Crippen LogP contribution is -2.22. The van der Waals surface area contributed by atoms with Crippen molar-refractivity contribution in [1.29, 1.82) is 0 Å². The van der Waals surface area contributed by atoms with E-state index in [2.05, 4.69) is 11.4 Å². The van der Waals surface area contributed by atoms with Crippen LogP contribution in [0.4, 0.5) is 4.39 Å². The van der Waals surface area contributed by atoms with Crippen LogP contribution in [-0.2, 0) is 6.42 Å². The number of nitrogens with one attached hydrogen (secondary N) is 1. The second-order valence-corrected chi connectivity index (χ2v) is 3.02. The zero-order chi connectivity index (χ0) is 9.68. The molecule has 0 aliphatic rings. The number of hydrogen-bond acceptors (Lipinski definition) is 1. The predicted molar refractivity (Wildman–Crippen MR) is 51.5 cm³/mol. The van der Waals surface area contributed by atoms with E-state index in [1.807, 2.05) is 6.92 Å². The van der Waals surface area contributed by atoms with Crippen LogP contribution in [0, 0.1) is 18.3 Å². The van der Waals surface area contributed by atoms with E-state index in [1.165, 1.54) is 12.1 Å². The van der Waals surface area contributed by atoms with Crippen molar-refractivity contribution in [3.05, 3.63) is 35.6 Å². The van der Waals surface area contributed by atoms with Gasteiger partial charge < -0.3 is 5.32 Å². The Morgan fingerprint density at radius 3 is 2.62 bits per heavy atom. The van der Waals surface area contributed by atoms with Crippen LogP contribution < -0.4 is 5.32 Å². The first-order valence-electron chi connectivity index (χ1n) is 4.18. The fourth-order valence-electron chi connectivity index (χ4n) is 1.17. The number of terminal acetylenes is 1. The van der Waals surface area contributed by atoms with E-state index in [-0.39, 0.29) is 11.9 Å². The second kappa shape index (κ2) is 4.51. The molecule has 0 aromatic heterocycles. The van der Waals surface area contributed by atoms with E-state index in [4.69, 9.17) is 6.42 Å². The Morgan fingerprint density at radius 2 is 2.08 bits per heavy atom. The SMILES string of the molecule is C#CN[C@H](C)Cc1ccc(F)cc1. The standard InChI is InChI=1S/C11H12FN/c1-3-13-9(2)8-10-4-6-11(12)7-5-10/h1,4-7,9,13H,8H2,2H3/t9-/m1/s1. The first-order valence-corrected chi connectivity index (χ1v) is 4.18. The lowest BCUT2D eigenvalue weighted by atomic mass is 10.1. The van der Waals surface area contributed by atoms with E-state index in [0.717, 1.165) is 12.0 Å². The van der Waals surface area contributed by atoms with Crippen molar-refractivity contribution >= 4 is 0 Å². The molecule has 0 spiro atoms. The van der Waals surface area contributed by atoms with Gasteiger partial charge in [0.15, 0.2) is 0 Å². The number of halogens is 1. The van der Waals surface area contributed by atoms with Crippen molar-refractivity contribution in [2.24, 2.45) is 0 Å². The molecule has 0 heterocycles. The molecule has 0 saturated heterocycles. The Morgan fingerprint density at radius 1 is 1.46 bits per heavy atom. The molecule has 2 heteroatoms. The zero-order valence-electron chi connectivity index (χ0n) is 7.55. The Bertz CT molecular complexity index is 297.